The topological polar surface area (TPSA) is 22.0 Å². The largest absolute Gasteiger partial charge is 0.306 e. The van der Waals surface area contributed by atoms with Crippen LogP contribution in [0.1, 0.15) is 25.5 Å². The lowest BCUT2D eigenvalue weighted by atomic mass is 10.1. The van der Waals surface area contributed by atoms with Crippen molar-refractivity contribution in [1.29, 1.82) is 0 Å². The van der Waals surface area contributed by atoms with Crippen LogP contribution < -0.4 is 5.56 Å². The van der Waals surface area contributed by atoms with Crippen molar-refractivity contribution in [2.75, 3.05) is 0 Å². The molecular formula is C13H15NO. The summed E-state index contributed by atoms with van der Waals surface area (Å²) in [5.74, 6) is 0. The molecule has 0 aliphatic heterocycles. The van der Waals surface area contributed by atoms with Crippen LogP contribution in [0.3, 0.4) is 0 Å². The Bertz CT molecular complexity index is 552. The van der Waals surface area contributed by atoms with Crippen LogP contribution in [-0.4, -0.2) is 4.57 Å². The van der Waals surface area contributed by atoms with Crippen LogP contribution >= 0.6 is 0 Å². The highest BCUT2D eigenvalue weighted by Gasteiger charge is 2.05. The third kappa shape index (κ3) is 1.67. The molecule has 0 aliphatic rings. The van der Waals surface area contributed by atoms with E-state index in [1.54, 1.807) is 6.07 Å². The molecule has 0 N–H and O–H groups in total. The van der Waals surface area contributed by atoms with Crippen LogP contribution in [0.5, 0.6) is 0 Å². The minimum absolute atomic E-state index is 0.0723. The molecular weight excluding hydrogens is 186 g/mol. The van der Waals surface area contributed by atoms with Gasteiger partial charge in [-0.3, -0.25) is 4.79 Å². The third-order valence-electron chi connectivity index (χ3n) is 2.60. The zero-order chi connectivity index (χ0) is 11.0. The van der Waals surface area contributed by atoms with E-state index in [-0.39, 0.29) is 11.6 Å². The summed E-state index contributed by atoms with van der Waals surface area (Å²) < 4.78 is 1.84. The molecule has 1 aromatic heterocycles. The smallest absolute Gasteiger partial charge is 0.251 e. The molecule has 2 rings (SSSR count). The molecule has 0 fully saturated rings. The number of fused-ring (bicyclic) bond motifs is 1. The van der Waals surface area contributed by atoms with Crippen LogP contribution in [0.25, 0.3) is 10.9 Å². The fraction of sp³-hybridized carbons (Fsp3) is 0.308. The fourth-order valence-corrected chi connectivity index (χ4v) is 1.90. The number of rotatable bonds is 1. The molecule has 0 spiro atoms. The van der Waals surface area contributed by atoms with E-state index in [4.69, 9.17) is 0 Å². The molecule has 0 radical (unpaired) electrons. The Morgan fingerprint density at radius 2 is 1.80 bits per heavy atom. The quantitative estimate of drug-likeness (QED) is 0.695. The van der Waals surface area contributed by atoms with Gasteiger partial charge in [0.1, 0.15) is 0 Å². The molecule has 2 heteroatoms. The molecule has 0 atom stereocenters. The van der Waals surface area contributed by atoms with E-state index < -0.39 is 0 Å². The highest BCUT2D eigenvalue weighted by Crippen LogP contribution is 2.16. The van der Waals surface area contributed by atoms with E-state index in [0.717, 1.165) is 10.9 Å². The monoisotopic (exact) mass is 201 g/mol. The molecule has 0 saturated carbocycles. The summed E-state index contributed by atoms with van der Waals surface area (Å²) in [5.41, 5.74) is 2.28. The summed E-state index contributed by atoms with van der Waals surface area (Å²) in [6.45, 7) is 6.11. The van der Waals surface area contributed by atoms with Crippen LogP contribution in [0.4, 0.5) is 0 Å². The Morgan fingerprint density at radius 1 is 1.13 bits per heavy atom. The fourth-order valence-electron chi connectivity index (χ4n) is 1.90. The number of pyridine rings is 1. The molecule has 2 nitrogen and oxygen atoms in total. The molecule has 0 aliphatic carbocycles. The predicted molar refractivity (Wildman–Crippen MR) is 63.3 cm³/mol. The maximum atomic E-state index is 11.7. The molecule has 0 unspecified atom stereocenters. The SMILES string of the molecule is Cc1ccc2ccc(=O)n(C(C)C)c2c1. The van der Waals surface area contributed by atoms with Gasteiger partial charge in [0.2, 0.25) is 0 Å². The predicted octanol–water partition coefficient (Wildman–Crippen LogP) is 2.89. The van der Waals surface area contributed by atoms with Gasteiger partial charge in [0.25, 0.3) is 5.56 Å². The summed E-state index contributed by atoms with van der Waals surface area (Å²) >= 11 is 0. The average Bonchev–Trinajstić information content (AvgIpc) is 2.16. The van der Waals surface area contributed by atoms with Crippen LogP contribution in [0, 0.1) is 6.92 Å². The maximum absolute atomic E-state index is 11.7. The minimum Gasteiger partial charge on any atom is -0.306 e. The summed E-state index contributed by atoms with van der Waals surface area (Å²) in [6, 6.07) is 9.91. The highest BCUT2D eigenvalue weighted by atomic mass is 16.1. The molecule has 1 heterocycles. The Morgan fingerprint density at radius 3 is 2.47 bits per heavy atom. The van der Waals surface area contributed by atoms with Gasteiger partial charge in [-0.05, 0) is 43.9 Å². The number of aromatic nitrogens is 1. The number of aryl methyl sites for hydroxylation is 1. The lowest BCUT2D eigenvalue weighted by molar-refractivity contribution is 0.600. The first-order valence-corrected chi connectivity index (χ1v) is 5.21. The first-order valence-electron chi connectivity index (χ1n) is 5.21. The van der Waals surface area contributed by atoms with Gasteiger partial charge in [0, 0.05) is 12.1 Å². The molecule has 2 aromatic rings. The zero-order valence-electron chi connectivity index (χ0n) is 9.32. The van der Waals surface area contributed by atoms with Crippen molar-refractivity contribution >= 4 is 10.9 Å². The maximum Gasteiger partial charge on any atom is 0.251 e. The van der Waals surface area contributed by atoms with Gasteiger partial charge in [0.05, 0.1) is 5.52 Å². The summed E-state index contributed by atoms with van der Waals surface area (Å²) in [7, 11) is 0. The standard InChI is InChI=1S/C13H15NO/c1-9(2)14-12-8-10(3)4-5-11(12)6-7-13(14)15/h4-9H,1-3H3. The Balaban J connectivity index is 2.91. The second-order valence-electron chi connectivity index (χ2n) is 4.20. The minimum atomic E-state index is 0.0723. The van der Waals surface area contributed by atoms with Gasteiger partial charge in [0.15, 0.2) is 0 Å². The van der Waals surface area contributed by atoms with E-state index in [1.807, 2.05) is 31.4 Å². The molecule has 0 saturated heterocycles. The molecule has 15 heavy (non-hydrogen) atoms. The van der Waals surface area contributed by atoms with Crippen molar-refractivity contribution in [3.05, 3.63) is 46.2 Å². The van der Waals surface area contributed by atoms with Gasteiger partial charge < -0.3 is 4.57 Å². The molecule has 1 aromatic carbocycles. The number of hydrogen-bond acceptors (Lipinski definition) is 1. The Labute approximate surface area is 89.2 Å². The van der Waals surface area contributed by atoms with E-state index in [1.165, 1.54) is 5.56 Å². The normalized spacial score (nSPS) is 11.2. The van der Waals surface area contributed by atoms with E-state index in [2.05, 4.69) is 18.2 Å². The first kappa shape index (κ1) is 9.97. The molecule has 0 amide bonds. The van der Waals surface area contributed by atoms with E-state index in [0.29, 0.717) is 0 Å². The lowest BCUT2D eigenvalue weighted by Gasteiger charge is -2.13. The summed E-state index contributed by atoms with van der Waals surface area (Å²) in [4.78, 5) is 11.7. The zero-order valence-corrected chi connectivity index (χ0v) is 9.32. The summed E-state index contributed by atoms with van der Waals surface area (Å²) in [6.07, 6.45) is 0. The number of hydrogen-bond donors (Lipinski definition) is 0. The van der Waals surface area contributed by atoms with Crippen molar-refractivity contribution in [3.8, 4) is 0 Å². The van der Waals surface area contributed by atoms with Gasteiger partial charge in [-0.1, -0.05) is 12.1 Å². The van der Waals surface area contributed by atoms with Crippen LogP contribution in [-0.2, 0) is 0 Å². The van der Waals surface area contributed by atoms with Crippen LogP contribution in [0.2, 0.25) is 0 Å². The van der Waals surface area contributed by atoms with Crippen LogP contribution in [0.15, 0.2) is 35.1 Å². The van der Waals surface area contributed by atoms with Crippen molar-refractivity contribution < 1.29 is 0 Å². The third-order valence-corrected chi connectivity index (χ3v) is 2.60. The van der Waals surface area contributed by atoms with Gasteiger partial charge in [-0.15, -0.1) is 0 Å². The van der Waals surface area contributed by atoms with Crippen molar-refractivity contribution in [3.63, 3.8) is 0 Å². The number of nitrogens with zero attached hydrogens (tertiary/aromatic N) is 1. The number of benzene rings is 1. The van der Waals surface area contributed by atoms with E-state index >= 15 is 0 Å². The summed E-state index contributed by atoms with van der Waals surface area (Å²) in [5, 5.41) is 1.12. The Kier molecular flexibility index (Phi) is 2.35. The van der Waals surface area contributed by atoms with Crippen molar-refractivity contribution in [2.45, 2.75) is 26.8 Å². The van der Waals surface area contributed by atoms with E-state index in [9.17, 15) is 4.79 Å². The first-order chi connectivity index (χ1) is 7.09. The molecule has 78 valence electrons. The van der Waals surface area contributed by atoms with Gasteiger partial charge in [-0.25, -0.2) is 0 Å². The Hall–Kier alpha value is -1.57. The van der Waals surface area contributed by atoms with Crippen molar-refractivity contribution in [2.24, 2.45) is 0 Å². The lowest BCUT2D eigenvalue weighted by Crippen LogP contribution is -2.21. The highest BCUT2D eigenvalue weighted by molar-refractivity contribution is 5.79. The second-order valence-corrected chi connectivity index (χ2v) is 4.20. The second kappa shape index (κ2) is 3.54. The average molecular weight is 201 g/mol. The van der Waals surface area contributed by atoms with Gasteiger partial charge >= 0.3 is 0 Å². The molecule has 0 bridgehead atoms. The van der Waals surface area contributed by atoms with Gasteiger partial charge in [-0.2, -0.15) is 0 Å². The van der Waals surface area contributed by atoms with Crippen molar-refractivity contribution in [1.82, 2.24) is 4.57 Å².